The molecule has 0 saturated heterocycles. The average molecular weight is 346 g/mol. The standard InChI is InChI=1S/C10H11F5N2O4Si/c1-20-22(19,21-2)10(12,13)17(15)9(18)16(14)8-6-4-3-5-7(8)11/h3-6,19H,1-2H3. The van der Waals surface area contributed by atoms with E-state index < -0.39 is 42.3 Å². The minimum Gasteiger partial charge on any atom is -0.385 e. The Labute approximate surface area is 122 Å². The van der Waals surface area contributed by atoms with Crippen LogP contribution in [0.25, 0.3) is 0 Å². The van der Waals surface area contributed by atoms with Crippen LogP contribution in [-0.2, 0) is 8.85 Å². The summed E-state index contributed by atoms with van der Waals surface area (Å²) in [4.78, 5) is 20.8. The van der Waals surface area contributed by atoms with Crippen molar-refractivity contribution in [3.05, 3.63) is 30.1 Å². The van der Waals surface area contributed by atoms with E-state index in [0.717, 1.165) is 24.3 Å². The first-order valence-electron chi connectivity index (χ1n) is 5.53. The van der Waals surface area contributed by atoms with Gasteiger partial charge in [0.1, 0.15) is 11.5 Å². The highest BCUT2D eigenvalue weighted by molar-refractivity contribution is 6.62. The molecule has 0 spiro atoms. The van der Waals surface area contributed by atoms with Gasteiger partial charge in [0.05, 0.1) is 0 Å². The van der Waals surface area contributed by atoms with E-state index >= 15 is 0 Å². The van der Waals surface area contributed by atoms with Gasteiger partial charge in [0.15, 0.2) is 0 Å². The molecule has 1 aromatic carbocycles. The van der Waals surface area contributed by atoms with Gasteiger partial charge in [-0.1, -0.05) is 26.2 Å². The Balaban J connectivity index is 3.09. The van der Waals surface area contributed by atoms with Crippen LogP contribution >= 0.6 is 0 Å². The summed E-state index contributed by atoms with van der Waals surface area (Å²) in [5.74, 6) is -1.29. The van der Waals surface area contributed by atoms with Crippen LogP contribution in [0.5, 0.6) is 0 Å². The molecule has 0 unspecified atom stereocenters. The van der Waals surface area contributed by atoms with Gasteiger partial charge in [-0.05, 0) is 12.1 Å². The maximum Gasteiger partial charge on any atom is 0.600 e. The van der Waals surface area contributed by atoms with Gasteiger partial charge < -0.3 is 13.6 Å². The van der Waals surface area contributed by atoms with E-state index in [1.165, 1.54) is 0 Å². The van der Waals surface area contributed by atoms with E-state index in [1.807, 2.05) is 0 Å². The number of urea groups is 1. The normalized spacial score (nSPS) is 12.2. The number of anilines is 1. The molecule has 0 bridgehead atoms. The van der Waals surface area contributed by atoms with Crippen LogP contribution in [0.2, 0.25) is 0 Å². The molecule has 1 rings (SSSR count). The third kappa shape index (κ3) is 3.04. The van der Waals surface area contributed by atoms with Crippen molar-refractivity contribution >= 4 is 20.5 Å². The number of alkyl halides is 2. The maximum atomic E-state index is 13.7. The van der Waals surface area contributed by atoms with Gasteiger partial charge in [0.25, 0.3) is 0 Å². The third-order valence-corrected chi connectivity index (χ3v) is 4.64. The zero-order valence-corrected chi connectivity index (χ0v) is 12.3. The summed E-state index contributed by atoms with van der Waals surface area (Å²) in [5, 5.41) is -3.10. The predicted molar refractivity (Wildman–Crippen MR) is 65.3 cm³/mol. The minimum absolute atomic E-state index is 0.589. The number of para-hydroxylation sites is 1. The number of amides is 2. The van der Waals surface area contributed by atoms with E-state index in [1.54, 1.807) is 0 Å². The molecule has 0 aliphatic heterocycles. The molecular weight excluding hydrogens is 335 g/mol. The number of carbonyl (C=O) groups excluding carboxylic acids is 1. The van der Waals surface area contributed by atoms with Gasteiger partial charge in [-0.3, -0.25) is 0 Å². The zero-order valence-electron chi connectivity index (χ0n) is 11.3. The van der Waals surface area contributed by atoms with Crippen molar-refractivity contribution in [1.82, 2.24) is 5.12 Å². The molecule has 124 valence electrons. The fourth-order valence-corrected chi connectivity index (χ4v) is 2.37. The summed E-state index contributed by atoms with van der Waals surface area (Å²) < 4.78 is 75.9. The van der Waals surface area contributed by atoms with Gasteiger partial charge in [-0.15, -0.1) is 5.12 Å². The second kappa shape index (κ2) is 6.56. The van der Waals surface area contributed by atoms with Gasteiger partial charge in [0, 0.05) is 14.2 Å². The lowest BCUT2D eigenvalue weighted by molar-refractivity contribution is -0.184. The topological polar surface area (TPSA) is 62.2 Å². The van der Waals surface area contributed by atoms with Crippen LogP contribution < -0.4 is 5.12 Å². The van der Waals surface area contributed by atoms with Crippen molar-refractivity contribution in [1.29, 1.82) is 0 Å². The highest BCUT2D eigenvalue weighted by atomic mass is 28.4. The van der Waals surface area contributed by atoms with Crippen molar-refractivity contribution in [2.75, 3.05) is 19.3 Å². The van der Waals surface area contributed by atoms with E-state index in [2.05, 4.69) is 8.85 Å². The van der Waals surface area contributed by atoms with Crippen molar-refractivity contribution < 1.29 is 40.6 Å². The molecule has 0 aliphatic rings. The average Bonchev–Trinajstić information content (AvgIpc) is 2.52. The Morgan fingerprint density at radius 3 is 2.18 bits per heavy atom. The Bertz CT molecular complexity index is 546. The number of rotatable bonds is 5. The van der Waals surface area contributed by atoms with Crippen molar-refractivity contribution in [2.24, 2.45) is 0 Å². The van der Waals surface area contributed by atoms with Gasteiger partial charge in [0.2, 0.25) is 0 Å². The largest absolute Gasteiger partial charge is 0.600 e. The fourth-order valence-electron chi connectivity index (χ4n) is 1.36. The molecule has 6 nitrogen and oxygen atoms in total. The Kier molecular flexibility index (Phi) is 5.45. The van der Waals surface area contributed by atoms with Crippen LogP contribution in [0.3, 0.4) is 0 Å². The van der Waals surface area contributed by atoms with Crippen LogP contribution in [0, 0.1) is 5.82 Å². The lowest BCUT2D eigenvalue weighted by Crippen LogP contribution is -2.65. The number of nitrogens with zero attached hydrogens (tertiary/aromatic N) is 2. The molecule has 0 heterocycles. The summed E-state index contributed by atoms with van der Waals surface area (Å²) in [6.45, 7) is 0. The Morgan fingerprint density at radius 2 is 1.73 bits per heavy atom. The number of carbonyl (C=O) groups is 1. The first kappa shape index (κ1) is 18.3. The summed E-state index contributed by atoms with van der Waals surface area (Å²) in [7, 11) is -4.32. The molecule has 0 radical (unpaired) electrons. The minimum atomic E-state index is -5.50. The quantitative estimate of drug-likeness (QED) is 0.384. The SMILES string of the molecule is CO[Si](O)(OC)C(F)(F)N(F)C(=O)N(F)c1ccccc1F. The molecule has 0 aromatic heterocycles. The van der Waals surface area contributed by atoms with Gasteiger partial charge in [-0.25, -0.2) is 9.18 Å². The molecule has 1 aromatic rings. The van der Waals surface area contributed by atoms with E-state index in [0.29, 0.717) is 14.2 Å². The lowest BCUT2D eigenvalue weighted by atomic mass is 10.3. The maximum absolute atomic E-state index is 13.7. The first-order chi connectivity index (χ1) is 10.1. The van der Waals surface area contributed by atoms with E-state index in [4.69, 9.17) is 0 Å². The summed E-state index contributed by atoms with van der Waals surface area (Å²) in [6.07, 6.45) is 0. The first-order valence-corrected chi connectivity index (χ1v) is 7.29. The summed E-state index contributed by atoms with van der Waals surface area (Å²) in [6, 6.07) is 1.10. The predicted octanol–water partition coefficient (Wildman–Crippen LogP) is 2.18. The molecule has 2 amide bonds. The highest BCUT2D eigenvalue weighted by Gasteiger charge is 2.69. The second-order valence-corrected chi connectivity index (χ2v) is 6.41. The molecule has 0 atom stereocenters. The highest BCUT2D eigenvalue weighted by Crippen LogP contribution is 2.33. The number of halogens is 5. The zero-order chi connectivity index (χ0) is 17.1. The van der Waals surface area contributed by atoms with Gasteiger partial charge in [-0.2, -0.15) is 8.78 Å². The van der Waals surface area contributed by atoms with Crippen LogP contribution in [-0.4, -0.2) is 44.6 Å². The summed E-state index contributed by atoms with van der Waals surface area (Å²) >= 11 is 0. The molecular formula is C10H11F5N2O4Si. The fraction of sp³-hybridized carbons (Fsp3) is 0.300. The molecule has 12 heteroatoms. The Hall–Kier alpha value is -1.76. The van der Waals surface area contributed by atoms with Crippen LogP contribution in [0.1, 0.15) is 0 Å². The smallest absolute Gasteiger partial charge is 0.385 e. The summed E-state index contributed by atoms with van der Waals surface area (Å²) in [5.41, 5.74) is -6.09. The molecule has 0 saturated carbocycles. The second-order valence-electron chi connectivity index (χ2n) is 3.83. The van der Waals surface area contributed by atoms with Gasteiger partial charge >= 0.3 is 20.5 Å². The van der Waals surface area contributed by atoms with E-state index in [9.17, 15) is 31.7 Å². The van der Waals surface area contributed by atoms with Crippen molar-refractivity contribution in [3.8, 4) is 0 Å². The van der Waals surface area contributed by atoms with Crippen molar-refractivity contribution in [3.63, 3.8) is 0 Å². The molecule has 22 heavy (non-hydrogen) atoms. The number of benzene rings is 1. The molecule has 1 N–H and O–H groups in total. The number of hydrogen-bond donors (Lipinski definition) is 1. The third-order valence-electron chi connectivity index (χ3n) is 2.58. The van der Waals surface area contributed by atoms with E-state index in [-0.39, 0.29) is 0 Å². The Morgan fingerprint density at radius 1 is 1.23 bits per heavy atom. The molecule has 0 fully saturated rings. The van der Waals surface area contributed by atoms with Crippen LogP contribution in [0.4, 0.5) is 32.6 Å². The number of hydrogen-bond acceptors (Lipinski definition) is 4. The lowest BCUT2D eigenvalue weighted by Gasteiger charge is -2.31. The van der Waals surface area contributed by atoms with Crippen LogP contribution in [0.15, 0.2) is 24.3 Å². The monoisotopic (exact) mass is 346 g/mol. The van der Waals surface area contributed by atoms with Crippen molar-refractivity contribution in [2.45, 2.75) is 5.67 Å². The molecule has 0 aliphatic carbocycles.